The minimum absolute atomic E-state index is 0.0673. The van der Waals surface area contributed by atoms with E-state index >= 15 is 0 Å². The number of Topliss-reactive ketones (excluding diaryl/α,β-unsaturated/α-hetero) is 2. The van der Waals surface area contributed by atoms with Crippen LogP contribution in [0.1, 0.15) is 52.4 Å². The van der Waals surface area contributed by atoms with E-state index < -0.39 is 10.8 Å². The van der Waals surface area contributed by atoms with Crippen LogP contribution >= 0.6 is 0 Å². The number of hydrogen-bond donors (Lipinski definition) is 0. The summed E-state index contributed by atoms with van der Waals surface area (Å²) in [6.07, 6.45) is 4.72. The van der Waals surface area contributed by atoms with Crippen molar-refractivity contribution in [3.05, 3.63) is 12.2 Å². The van der Waals surface area contributed by atoms with Crippen molar-refractivity contribution in [1.29, 1.82) is 0 Å². The van der Waals surface area contributed by atoms with Crippen LogP contribution in [0.15, 0.2) is 12.2 Å². The number of esters is 1. The zero-order valence-electron chi connectivity index (χ0n) is 19.6. The van der Waals surface area contributed by atoms with Gasteiger partial charge < -0.3 is 9.47 Å². The standard InChI is InChI=1S/C26H37NO5/c1-4-5-7-25-20-13-18-6-8-26(20,22(28)17(18)3)23(29)19(14-27-9-11-31-12-10-27)21(25)16(2)15-32-24(25)30/h16,18-21H,3-15H2,1-2H3/t16-,18+,19+,20?,21?,25?,26+/m1/s1. The molecule has 6 heteroatoms. The van der Waals surface area contributed by atoms with Gasteiger partial charge in [-0.2, -0.15) is 0 Å². The van der Waals surface area contributed by atoms with Crippen LogP contribution in [0.2, 0.25) is 0 Å². The molecule has 0 aromatic heterocycles. The molecule has 176 valence electrons. The summed E-state index contributed by atoms with van der Waals surface area (Å²) in [6.45, 7) is 12.3. The highest BCUT2D eigenvalue weighted by Gasteiger charge is 2.75. The average Bonchev–Trinajstić information content (AvgIpc) is 2.81. The molecule has 0 aromatic rings. The van der Waals surface area contributed by atoms with E-state index in [1.807, 2.05) is 0 Å². The molecule has 4 saturated carbocycles. The maximum Gasteiger partial charge on any atom is 0.312 e. The summed E-state index contributed by atoms with van der Waals surface area (Å²) in [5.41, 5.74) is -1.20. The average molecular weight is 444 g/mol. The van der Waals surface area contributed by atoms with Crippen molar-refractivity contribution < 1.29 is 23.9 Å². The van der Waals surface area contributed by atoms with Gasteiger partial charge in [0.2, 0.25) is 0 Å². The number of nitrogens with zero attached hydrogens (tertiary/aromatic N) is 1. The molecule has 0 amide bonds. The molecule has 32 heavy (non-hydrogen) atoms. The van der Waals surface area contributed by atoms with E-state index in [1.54, 1.807) is 0 Å². The van der Waals surface area contributed by atoms with Gasteiger partial charge in [0.1, 0.15) is 0 Å². The van der Waals surface area contributed by atoms with Gasteiger partial charge in [0.15, 0.2) is 11.6 Å². The fourth-order valence-corrected chi connectivity index (χ4v) is 8.18. The predicted molar refractivity (Wildman–Crippen MR) is 119 cm³/mol. The third-order valence-electron chi connectivity index (χ3n) is 9.59. The molecular weight excluding hydrogens is 406 g/mol. The zero-order chi connectivity index (χ0) is 22.7. The Hall–Kier alpha value is -1.53. The molecule has 7 atom stereocenters. The number of allylic oxidation sites excluding steroid dienone is 1. The summed E-state index contributed by atoms with van der Waals surface area (Å²) < 4.78 is 11.4. The molecule has 2 saturated heterocycles. The van der Waals surface area contributed by atoms with Gasteiger partial charge in [-0.05, 0) is 54.9 Å². The van der Waals surface area contributed by atoms with Crippen molar-refractivity contribution in [3.63, 3.8) is 0 Å². The molecule has 2 heterocycles. The summed E-state index contributed by atoms with van der Waals surface area (Å²) in [4.78, 5) is 44.2. The predicted octanol–water partition coefficient (Wildman–Crippen LogP) is 3.04. The highest BCUT2D eigenvalue weighted by Crippen LogP contribution is 2.69. The first-order valence-electron chi connectivity index (χ1n) is 12.6. The van der Waals surface area contributed by atoms with E-state index in [9.17, 15) is 14.4 Å². The van der Waals surface area contributed by atoms with Crippen LogP contribution < -0.4 is 0 Å². The minimum atomic E-state index is -1.08. The van der Waals surface area contributed by atoms with Crippen LogP contribution in [0.5, 0.6) is 0 Å². The van der Waals surface area contributed by atoms with Crippen molar-refractivity contribution in [3.8, 4) is 0 Å². The van der Waals surface area contributed by atoms with Crippen molar-refractivity contribution in [2.24, 2.45) is 40.4 Å². The Morgan fingerprint density at radius 2 is 1.94 bits per heavy atom. The smallest absolute Gasteiger partial charge is 0.312 e. The molecule has 2 aliphatic heterocycles. The Morgan fingerprint density at radius 1 is 1.19 bits per heavy atom. The molecule has 6 aliphatic rings. The molecule has 6 fully saturated rings. The Labute approximate surface area is 191 Å². The quantitative estimate of drug-likeness (QED) is 0.369. The highest BCUT2D eigenvalue weighted by molar-refractivity contribution is 6.17. The number of unbranched alkanes of at least 4 members (excludes halogenated alkanes) is 1. The van der Waals surface area contributed by atoms with Gasteiger partial charge in [0, 0.05) is 25.6 Å². The lowest BCUT2D eigenvalue weighted by Gasteiger charge is -2.65. The normalized spacial score (nSPS) is 44.2. The second kappa shape index (κ2) is 8.05. The highest BCUT2D eigenvalue weighted by atomic mass is 16.5. The monoisotopic (exact) mass is 443 g/mol. The van der Waals surface area contributed by atoms with Gasteiger partial charge in [-0.25, -0.2) is 0 Å². The number of rotatable bonds is 5. The van der Waals surface area contributed by atoms with Crippen molar-refractivity contribution in [2.45, 2.75) is 52.4 Å². The molecule has 6 rings (SSSR count). The maximum absolute atomic E-state index is 14.4. The molecular formula is C26H37NO5. The second-order valence-corrected chi connectivity index (χ2v) is 11.0. The van der Waals surface area contributed by atoms with Crippen LogP contribution in [-0.4, -0.2) is 61.9 Å². The first kappa shape index (κ1) is 22.3. The molecule has 3 unspecified atom stereocenters. The number of carbonyl (C=O) groups is 3. The topological polar surface area (TPSA) is 72.9 Å². The molecule has 1 spiro atoms. The lowest BCUT2D eigenvalue weighted by atomic mass is 9.36. The Kier molecular flexibility index (Phi) is 5.60. The number of morpholine rings is 1. The number of hydrogen-bond acceptors (Lipinski definition) is 6. The third-order valence-corrected chi connectivity index (χ3v) is 9.59. The fourth-order valence-electron chi connectivity index (χ4n) is 8.18. The van der Waals surface area contributed by atoms with E-state index in [4.69, 9.17) is 9.47 Å². The van der Waals surface area contributed by atoms with Gasteiger partial charge in [-0.15, -0.1) is 0 Å². The number of fused-ring (bicyclic) bond motifs is 3. The van der Waals surface area contributed by atoms with Crippen molar-refractivity contribution >= 4 is 17.5 Å². The Bertz CT molecular complexity index is 832. The molecule has 0 N–H and O–H groups in total. The lowest BCUT2D eigenvalue weighted by molar-refractivity contribution is -0.218. The van der Waals surface area contributed by atoms with Gasteiger partial charge in [-0.1, -0.05) is 33.3 Å². The van der Waals surface area contributed by atoms with Crippen LogP contribution in [0.4, 0.5) is 0 Å². The van der Waals surface area contributed by atoms with Crippen LogP contribution in [0, 0.1) is 40.4 Å². The summed E-state index contributed by atoms with van der Waals surface area (Å²) in [6, 6.07) is 0. The van der Waals surface area contributed by atoms with Crippen LogP contribution in [0.3, 0.4) is 0 Å². The van der Waals surface area contributed by atoms with Crippen LogP contribution in [0.25, 0.3) is 0 Å². The summed E-state index contributed by atoms with van der Waals surface area (Å²) >= 11 is 0. The largest absolute Gasteiger partial charge is 0.465 e. The molecule has 2 bridgehead atoms. The molecule has 6 nitrogen and oxygen atoms in total. The van der Waals surface area contributed by atoms with Gasteiger partial charge in [0.25, 0.3) is 0 Å². The summed E-state index contributed by atoms with van der Waals surface area (Å²) in [5, 5.41) is 0. The Balaban J connectivity index is 1.66. The van der Waals surface area contributed by atoms with Gasteiger partial charge in [0.05, 0.1) is 30.7 Å². The zero-order valence-corrected chi connectivity index (χ0v) is 19.6. The Morgan fingerprint density at radius 3 is 2.66 bits per heavy atom. The van der Waals surface area contributed by atoms with Crippen LogP contribution in [-0.2, 0) is 23.9 Å². The van der Waals surface area contributed by atoms with Gasteiger partial charge >= 0.3 is 5.97 Å². The third kappa shape index (κ3) is 2.87. The number of cyclic esters (lactones) is 1. The number of carbonyl (C=O) groups excluding carboxylic acids is 3. The maximum atomic E-state index is 14.4. The lowest BCUT2D eigenvalue weighted by Crippen LogP contribution is -2.72. The SMILES string of the molecule is C=C1C(=O)[C@]23CC[C@H]1CC2C1(CCCC)C(=O)OC[C@@H](C)C1[C@H](CN1CCOCC1)C3=O. The second-order valence-electron chi connectivity index (χ2n) is 11.0. The van der Waals surface area contributed by atoms with E-state index in [0.717, 1.165) is 38.8 Å². The number of ether oxygens (including phenoxy) is 2. The fraction of sp³-hybridized carbons (Fsp3) is 0.808. The first-order chi connectivity index (χ1) is 15.4. The van der Waals surface area contributed by atoms with E-state index in [-0.39, 0.29) is 47.1 Å². The molecule has 4 aliphatic carbocycles. The van der Waals surface area contributed by atoms with E-state index in [1.165, 1.54) is 0 Å². The summed E-state index contributed by atoms with van der Waals surface area (Å²) in [7, 11) is 0. The van der Waals surface area contributed by atoms with Crippen molar-refractivity contribution in [1.82, 2.24) is 4.90 Å². The number of ketones is 2. The van der Waals surface area contributed by atoms with Gasteiger partial charge in [-0.3, -0.25) is 19.3 Å². The van der Waals surface area contributed by atoms with Crippen molar-refractivity contribution in [2.75, 3.05) is 39.5 Å². The first-order valence-corrected chi connectivity index (χ1v) is 12.6. The molecule has 0 radical (unpaired) electrons. The molecule has 0 aromatic carbocycles. The van der Waals surface area contributed by atoms with E-state index in [2.05, 4.69) is 25.3 Å². The summed E-state index contributed by atoms with van der Waals surface area (Å²) in [5.74, 6) is -0.551. The van der Waals surface area contributed by atoms with E-state index in [0.29, 0.717) is 44.8 Å². The minimum Gasteiger partial charge on any atom is -0.465 e.